The van der Waals surface area contributed by atoms with Gasteiger partial charge in [-0.3, -0.25) is 4.98 Å². The molecule has 0 fully saturated rings. The SMILES string of the molecule is Cc1ccc(-c2nc(-c3cccc(CO)c3)no2)cn1. The largest absolute Gasteiger partial charge is 0.392 e. The van der Waals surface area contributed by atoms with Crippen molar-refractivity contribution in [2.45, 2.75) is 13.5 Å². The van der Waals surface area contributed by atoms with Crippen LogP contribution < -0.4 is 0 Å². The second-order valence-electron chi connectivity index (χ2n) is 4.47. The van der Waals surface area contributed by atoms with Gasteiger partial charge in [-0.15, -0.1) is 0 Å². The molecule has 2 heterocycles. The van der Waals surface area contributed by atoms with Crippen LogP contribution in [0.3, 0.4) is 0 Å². The molecule has 0 saturated heterocycles. The Morgan fingerprint density at radius 3 is 2.80 bits per heavy atom. The summed E-state index contributed by atoms with van der Waals surface area (Å²) in [7, 11) is 0. The molecule has 0 aliphatic carbocycles. The molecule has 3 aromatic rings. The summed E-state index contributed by atoms with van der Waals surface area (Å²) in [6.45, 7) is 1.91. The van der Waals surface area contributed by atoms with Crippen LogP contribution in [0.4, 0.5) is 0 Å². The van der Waals surface area contributed by atoms with Crippen LogP contribution in [-0.4, -0.2) is 20.2 Å². The first-order valence-corrected chi connectivity index (χ1v) is 6.23. The van der Waals surface area contributed by atoms with E-state index in [0.29, 0.717) is 11.7 Å². The first-order chi connectivity index (χ1) is 9.76. The standard InChI is InChI=1S/C15H13N3O2/c1-10-5-6-13(8-16-10)15-17-14(18-20-15)12-4-2-3-11(7-12)9-19/h2-8,19H,9H2,1H3. The van der Waals surface area contributed by atoms with E-state index in [0.717, 1.165) is 22.4 Å². The number of pyridine rings is 1. The Morgan fingerprint density at radius 2 is 2.05 bits per heavy atom. The normalized spacial score (nSPS) is 10.7. The quantitative estimate of drug-likeness (QED) is 0.789. The number of aryl methyl sites for hydroxylation is 1. The lowest BCUT2D eigenvalue weighted by molar-refractivity contribution is 0.282. The molecular formula is C15H13N3O2. The second kappa shape index (κ2) is 5.22. The van der Waals surface area contributed by atoms with E-state index in [1.54, 1.807) is 6.20 Å². The van der Waals surface area contributed by atoms with Crippen LogP contribution in [-0.2, 0) is 6.61 Å². The molecule has 0 aliphatic rings. The maximum atomic E-state index is 9.15. The van der Waals surface area contributed by atoms with Crippen LogP contribution >= 0.6 is 0 Å². The number of aromatic nitrogens is 3. The lowest BCUT2D eigenvalue weighted by Gasteiger charge is -1.97. The van der Waals surface area contributed by atoms with E-state index in [-0.39, 0.29) is 6.61 Å². The topological polar surface area (TPSA) is 72.0 Å². The van der Waals surface area contributed by atoms with Crippen molar-refractivity contribution in [1.82, 2.24) is 15.1 Å². The zero-order valence-corrected chi connectivity index (χ0v) is 10.9. The van der Waals surface area contributed by atoms with Crippen molar-refractivity contribution in [2.24, 2.45) is 0 Å². The molecule has 2 aromatic heterocycles. The highest BCUT2D eigenvalue weighted by molar-refractivity contribution is 5.59. The number of benzene rings is 1. The molecule has 0 aliphatic heterocycles. The first-order valence-electron chi connectivity index (χ1n) is 6.23. The molecule has 1 aromatic carbocycles. The highest BCUT2D eigenvalue weighted by Crippen LogP contribution is 2.22. The molecule has 0 spiro atoms. The fourth-order valence-electron chi connectivity index (χ4n) is 1.86. The molecule has 0 saturated carbocycles. The summed E-state index contributed by atoms with van der Waals surface area (Å²) in [5.41, 5.74) is 3.34. The van der Waals surface area contributed by atoms with Gasteiger partial charge in [0.05, 0.1) is 12.2 Å². The Balaban J connectivity index is 1.95. The Labute approximate surface area is 115 Å². The van der Waals surface area contributed by atoms with Gasteiger partial charge in [0.1, 0.15) is 0 Å². The molecule has 5 nitrogen and oxygen atoms in total. The third-order valence-corrected chi connectivity index (χ3v) is 2.95. The summed E-state index contributed by atoms with van der Waals surface area (Å²) >= 11 is 0. The van der Waals surface area contributed by atoms with E-state index >= 15 is 0 Å². The van der Waals surface area contributed by atoms with E-state index in [9.17, 15) is 0 Å². The minimum Gasteiger partial charge on any atom is -0.392 e. The highest BCUT2D eigenvalue weighted by Gasteiger charge is 2.11. The molecule has 0 unspecified atom stereocenters. The van der Waals surface area contributed by atoms with E-state index in [1.807, 2.05) is 43.3 Å². The van der Waals surface area contributed by atoms with Gasteiger partial charge < -0.3 is 9.63 Å². The average Bonchev–Trinajstić information content (AvgIpc) is 2.98. The number of aliphatic hydroxyl groups is 1. The van der Waals surface area contributed by atoms with Crippen molar-refractivity contribution in [3.63, 3.8) is 0 Å². The van der Waals surface area contributed by atoms with E-state index in [2.05, 4.69) is 15.1 Å². The van der Waals surface area contributed by atoms with Crippen LogP contribution in [0.5, 0.6) is 0 Å². The molecule has 3 rings (SSSR count). The maximum absolute atomic E-state index is 9.15. The lowest BCUT2D eigenvalue weighted by atomic mass is 10.1. The summed E-state index contributed by atoms with van der Waals surface area (Å²) < 4.78 is 5.25. The summed E-state index contributed by atoms with van der Waals surface area (Å²) in [4.78, 5) is 8.56. The highest BCUT2D eigenvalue weighted by atomic mass is 16.5. The first kappa shape index (κ1) is 12.5. The number of rotatable bonds is 3. The molecule has 0 radical (unpaired) electrons. The molecule has 0 bridgehead atoms. The molecule has 100 valence electrons. The van der Waals surface area contributed by atoms with Gasteiger partial charge in [-0.05, 0) is 30.7 Å². The predicted molar refractivity (Wildman–Crippen MR) is 73.6 cm³/mol. The van der Waals surface area contributed by atoms with Crippen molar-refractivity contribution in [3.8, 4) is 22.8 Å². The smallest absolute Gasteiger partial charge is 0.259 e. The number of nitrogens with zero attached hydrogens (tertiary/aromatic N) is 3. The average molecular weight is 267 g/mol. The zero-order valence-electron chi connectivity index (χ0n) is 10.9. The van der Waals surface area contributed by atoms with Crippen LogP contribution in [0.1, 0.15) is 11.3 Å². The lowest BCUT2D eigenvalue weighted by Crippen LogP contribution is -1.86. The van der Waals surface area contributed by atoms with Crippen molar-refractivity contribution in [1.29, 1.82) is 0 Å². The third-order valence-electron chi connectivity index (χ3n) is 2.95. The van der Waals surface area contributed by atoms with Crippen molar-refractivity contribution in [3.05, 3.63) is 53.9 Å². The van der Waals surface area contributed by atoms with Crippen LogP contribution in [0.2, 0.25) is 0 Å². The van der Waals surface area contributed by atoms with Crippen molar-refractivity contribution in [2.75, 3.05) is 0 Å². The van der Waals surface area contributed by atoms with E-state index in [4.69, 9.17) is 9.63 Å². The van der Waals surface area contributed by atoms with Gasteiger partial charge >= 0.3 is 0 Å². The minimum atomic E-state index is -0.0135. The van der Waals surface area contributed by atoms with Gasteiger partial charge in [-0.1, -0.05) is 23.4 Å². The van der Waals surface area contributed by atoms with Crippen molar-refractivity contribution < 1.29 is 9.63 Å². The molecular weight excluding hydrogens is 254 g/mol. The Morgan fingerprint density at radius 1 is 1.15 bits per heavy atom. The van der Waals surface area contributed by atoms with E-state index in [1.165, 1.54) is 0 Å². The molecule has 1 N–H and O–H groups in total. The van der Waals surface area contributed by atoms with Crippen LogP contribution in [0.25, 0.3) is 22.8 Å². The van der Waals surface area contributed by atoms with Gasteiger partial charge in [-0.2, -0.15) is 4.98 Å². The summed E-state index contributed by atoms with van der Waals surface area (Å²) in [5, 5.41) is 13.1. The molecule has 5 heteroatoms. The van der Waals surface area contributed by atoms with Crippen LogP contribution in [0.15, 0.2) is 47.1 Å². The van der Waals surface area contributed by atoms with Gasteiger partial charge in [0.25, 0.3) is 5.89 Å². The fraction of sp³-hybridized carbons (Fsp3) is 0.133. The van der Waals surface area contributed by atoms with Gasteiger partial charge in [0, 0.05) is 17.5 Å². The molecule has 0 atom stereocenters. The Bertz CT molecular complexity index is 720. The Kier molecular flexibility index (Phi) is 3.26. The number of hydrogen-bond donors (Lipinski definition) is 1. The summed E-state index contributed by atoms with van der Waals surface area (Å²) in [5.74, 6) is 0.928. The molecule has 20 heavy (non-hydrogen) atoms. The molecule has 0 amide bonds. The van der Waals surface area contributed by atoms with Gasteiger partial charge in [0.15, 0.2) is 0 Å². The third kappa shape index (κ3) is 2.44. The Hall–Kier alpha value is -2.53. The zero-order chi connectivity index (χ0) is 13.9. The number of aliphatic hydroxyl groups excluding tert-OH is 1. The number of hydrogen-bond acceptors (Lipinski definition) is 5. The maximum Gasteiger partial charge on any atom is 0.259 e. The van der Waals surface area contributed by atoms with E-state index < -0.39 is 0 Å². The predicted octanol–water partition coefficient (Wildman–Crippen LogP) is 2.60. The summed E-state index contributed by atoms with van der Waals surface area (Å²) in [6, 6.07) is 11.2. The second-order valence-corrected chi connectivity index (χ2v) is 4.47. The fourth-order valence-corrected chi connectivity index (χ4v) is 1.86. The van der Waals surface area contributed by atoms with Gasteiger partial charge in [-0.25, -0.2) is 0 Å². The monoisotopic (exact) mass is 267 g/mol. The van der Waals surface area contributed by atoms with Crippen LogP contribution in [0, 0.1) is 6.92 Å². The summed E-state index contributed by atoms with van der Waals surface area (Å²) in [6.07, 6.45) is 1.71. The van der Waals surface area contributed by atoms with Gasteiger partial charge in [0.2, 0.25) is 5.82 Å². The van der Waals surface area contributed by atoms with Crippen molar-refractivity contribution >= 4 is 0 Å². The minimum absolute atomic E-state index is 0.0135.